The number of carbonyl (C=O) groups is 1. The van der Waals surface area contributed by atoms with Gasteiger partial charge in [-0.2, -0.15) is 0 Å². The SMILES string of the molecule is Cc1cc(C(=O)O)cc(NCCCCn2ccnc2)n1. The lowest BCUT2D eigenvalue weighted by Crippen LogP contribution is -2.07. The van der Waals surface area contributed by atoms with Crippen molar-refractivity contribution in [3.8, 4) is 0 Å². The van der Waals surface area contributed by atoms with E-state index in [4.69, 9.17) is 5.11 Å². The van der Waals surface area contributed by atoms with Crippen molar-refractivity contribution in [2.45, 2.75) is 26.3 Å². The second-order valence-electron chi connectivity index (χ2n) is 4.62. The molecule has 2 aromatic rings. The first-order chi connectivity index (χ1) is 9.65. The van der Waals surface area contributed by atoms with Crippen molar-refractivity contribution in [1.29, 1.82) is 0 Å². The van der Waals surface area contributed by atoms with Crippen molar-refractivity contribution in [2.75, 3.05) is 11.9 Å². The van der Waals surface area contributed by atoms with Gasteiger partial charge in [0.2, 0.25) is 0 Å². The van der Waals surface area contributed by atoms with E-state index in [1.54, 1.807) is 31.6 Å². The number of hydrogen-bond acceptors (Lipinski definition) is 4. The average molecular weight is 274 g/mol. The monoisotopic (exact) mass is 274 g/mol. The highest BCUT2D eigenvalue weighted by molar-refractivity contribution is 5.88. The molecule has 0 saturated carbocycles. The summed E-state index contributed by atoms with van der Waals surface area (Å²) >= 11 is 0. The Labute approximate surface area is 117 Å². The fourth-order valence-corrected chi connectivity index (χ4v) is 1.94. The van der Waals surface area contributed by atoms with Crippen LogP contribution in [0.3, 0.4) is 0 Å². The number of aromatic carboxylic acids is 1. The first-order valence-electron chi connectivity index (χ1n) is 6.57. The van der Waals surface area contributed by atoms with Crippen molar-refractivity contribution < 1.29 is 9.90 Å². The largest absolute Gasteiger partial charge is 0.478 e. The van der Waals surface area contributed by atoms with Crippen LogP contribution in [0.15, 0.2) is 30.9 Å². The first kappa shape index (κ1) is 14.0. The zero-order valence-corrected chi connectivity index (χ0v) is 11.4. The van der Waals surface area contributed by atoms with E-state index >= 15 is 0 Å². The van der Waals surface area contributed by atoms with Gasteiger partial charge in [-0.15, -0.1) is 0 Å². The minimum atomic E-state index is -0.932. The molecule has 6 heteroatoms. The molecular weight excluding hydrogens is 256 g/mol. The van der Waals surface area contributed by atoms with Crippen LogP contribution in [0.5, 0.6) is 0 Å². The Morgan fingerprint density at radius 2 is 2.25 bits per heavy atom. The Kier molecular flexibility index (Phi) is 4.70. The minimum Gasteiger partial charge on any atom is -0.478 e. The summed E-state index contributed by atoms with van der Waals surface area (Å²) in [4.78, 5) is 19.2. The molecule has 0 fully saturated rings. The molecule has 0 saturated heterocycles. The summed E-state index contributed by atoms with van der Waals surface area (Å²) < 4.78 is 2.04. The third-order valence-electron chi connectivity index (χ3n) is 2.91. The number of nitrogens with zero attached hydrogens (tertiary/aromatic N) is 3. The molecule has 2 N–H and O–H groups in total. The number of hydrogen-bond donors (Lipinski definition) is 2. The molecule has 0 amide bonds. The molecule has 106 valence electrons. The lowest BCUT2D eigenvalue weighted by atomic mass is 10.2. The number of unbranched alkanes of at least 4 members (excludes halogenated alkanes) is 1. The quantitative estimate of drug-likeness (QED) is 0.756. The molecule has 0 radical (unpaired) electrons. The van der Waals surface area contributed by atoms with Crippen LogP contribution in [0.4, 0.5) is 5.82 Å². The Hall–Kier alpha value is -2.37. The van der Waals surface area contributed by atoms with E-state index in [0.717, 1.165) is 25.9 Å². The Bertz CT molecular complexity index is 567. The third kappa shape index (κ3) is 4.08. The summed E-state index contributed by atoms with van der Waals surface area (Å²) in [6.07, 6.45) is 7.52. The Balaban J connectivity index is 1.77. The Morgan fingerprint density at radius 1 is 1.40 bits per heavy atom. The molecule has 2 aromatic heterocycles. The molecule has 0 aliphatic rings. The van der Waals surface area contributed by atoms with Gasteiger partial charge in [0.25, 0.3) is 0 Å². The summed E-state index contributed by atoms with van der Waals surface area (Å²) in [6, 6.07) is 3.12. The number of carboxylic acids is 1. The van der Waals surface area contributed by atoms with Crippen molar-refractivity contribution in [3.63, 3.8) is 0 Å². The zero-order valence-electron chi connectivity index (χ0n) is 11.4. The number of aryl methyl sites for hydroxylation is 2. The van der Waals surface area contributed by atoms with Crippen molar-refractivity contribution in [1.82, 2.24) is 14.5 Å². The first-order valence-corrected chi connectivity index (χ1v) is 6.57. The predicted molar refractivity (Wildman–Crippen MR) is 75.9 cm³/mol. The van der Waals surface area contributed by atoms with Gasteiger partial charge in [-0.3, -0.25) is 0 Å². The van der Waals surface area contributed by atoms with Crippen molar-refractivity contribution in [2.24, 2.45) is 0 Å². The number of nitrogens with one attached hydrogen (secondary N) is 1. The molecule has 0 bridgehead atoms. The highest BCUT2D eigenvalue weighted by atomic mass is 16.4. The summed E-state index contributed by atoms with van der Waals surface area (Å²) in [5.41, 5.74) is 0.962. The molecule has 6 nitrogen and oxygen atoms in total. The average Bonchev–Trinajstić information content (AvgIpc) is 2.91. The van der Waals surface area contributed by atoms with Crippen LogP contribution in [-0.2, 0) is 6.54 Å². The van der Waals surface area contributed by atoms with E-state index < -0.39 is 5.97 Å². The van der Waals surface area contributed by atoms with Gasteiger partial charge in [-0.05, 0) is 31.9 Å². The molecule has 2 rings (SSSR count). The van der Waals surface area contributed by atoms with E-state index in [-0.39, 0.29) is 5.56 Å². The lowest BCUT2D eigenvalue weighted by molar-refractivity contribution is 0.0696. The summed E-state index contributed by atoms with van der Waals surface area (Å²) in [5.74, 6) is -0.316. The van der Waals surface area contributed by atoms with Crippen LogP contribution in [-0.4, -0.2) is 32.2 Å². The van der Waals surface area contributed by atoms with Gasteiger partial charge in [-0.1, -0.05) is 0 Å². The van der Waals surface area contributed by atoms with Crippen LogP contribution in [0.25, 0.3) is 0 Å². The van der Waals surface area contributed by atoms with E-state index in [9.17, 15) is 4.79 Å². The summed E-state index contributed by atoms with van der Waals surface area (Å²) in [6.45, 7) is 3.49. The third-order valence-corrected chi connectivity index (χ3v) is 2.91. The molecule has 0 spiro atoms. The van der Waals surface area contributed by atoms with Gasteiger partial charge in [-0.25, -0.2) is 14.8 Å². The van der Waals surface area contributed by atoms with Crippen LogP contribution in [0, 0.1) is 6.92 Å². The van der Waals surface area contributed by atoms with Gasteiger partial charge < -0.3 is 15.0 Å². The highest BCUT2D eigenvalue weighted by Gasteiger charge is 2.06. The second-order valence-corrected chi connectivity index (χ2v) is 4.62. The molecule has 0 aliphatic carbocycles. The maximum absolute atomic E-state index is 10.9. The highest BCUT2D eigenvalue weighted by Crippen LogP contribution is 2.10. The topological polar surface area (TPSA) is 80.0 Å². The number of imidazole rings is 1. The number of aromatic nitrogens is 3. The van der Waals surface area contributed by atoms with Gasteiger partial charge >= 0.3 is 5.97 Å². The maximum Gasteiger partial charge on any atom is 0.335 e. The van der Waals surface area contributed by atoms with Crippen LogP contribution < -0.4 is 5.32 Å². The summed E-state index contributed by atoms with van der Waals surface area (Å²) in [7, 11) is 0. The molecule has 2 heterocycles. The van der Waals surface area contributed by atoms with Gasteiger partial charge in [0.05, 0.1) is 11.9 Å². The zero-order chi connectivity index (χ0) is 14.4. The second kappa shape index (κ2) is 6.70. The normalized spacial score (nSPS) is 10.4. The molecule has 0 atom stereocenters. The van der Waals surface area contributed by atoms with Gasteiger partial charge in [0.1, 0.15) is 5.82 Å². The molecule has 20 heavy (non-hydrogen) atoms. The standard InChI is InChI=1S/C14H18N4O2/c1-11-8-12(14(19)20)9-13(17-11)16-4-2-3-6-18-7-5-15-10-18/h5,7-10H,2-4,6H2,1H3,(H,16,17)(H,19,20). The number of carboxylic acid groups (broad SMARTS) is 1. The smallest absolute Gasteiger partial charge is 0.335 e. The number of anilines is 1. The van der Waals surface area contributed by atoms with E-state index in [1.165, 1.54) is 0 Å². The minimum absolute atomic E-state index is 0.262. The predicted octanol–water partition coefficient (Wildman–Crippen LogP) is 2.18. The summed E-state index contributed by atoms with van der Waals surface area (Å²) in [5, 5.41) is 12.1. The Morgan fingerprint density at radius 3 is 2.95 bits per heavy atom. The molecule has 0 unspecified atom stereocenters. The van der Waals surface area contributed by atoms with Crippen LogP contribution in [0.1, 0.15) is 28.9 Å². The van der Waals surface area contributed by atoms with Crippen molar-refractivity contribution >= 4 is 11.8 Å². The number of rotatable bonds is 7. The van der Waals surface area contributed by atoms with Gasteiger partial charge in [0.15, 0.2) is 0 Å². The van der Waals surface area contributed by atoms with Crippen LogP contribution >= 0.6 is 0 Å². The van der Waals surface area contributed by atoms with Crippen molar-refractivity contribution in [3.05, 3.63) is 42.1 Å². The lowest BCUT2D eigenvalue weighted by Gasteiger charge is -2.08. The fraction of sp³-hybridized carbons (Fsp3) is 0.357. The van der Waals surface area contributed by atoms with Gasteiger partial charge in [0, 0.05) is 31.2 Å². The molecule has 0 aromatic carbocycles. The number of pyridine rings is 1. The molecule has 0 aliphatic heterocycles. The maximum atomic E-state index is 10.9. The van der Waals surface area contributed by atoms with Crippen LogP contribution in [0.2, 0.25) is 0 Å². The fourth-order valence-electron chi connectivity index (χ4n) is 1.94. The molecular formula is C14H18N4O2. The van der Waals surface area contributed by atoms with E-state index in [1.807, 2.05) is 10.8 Å². The van der Waals surface area contributed by atoms with E-state index in [2.05, 4.69) is 15.3 Å². The van der Waals surface area contributed by atoms with E-state index in [0.29, 0.717) is 11.5 Å².